The Hall–Kier alpha value is -0.160. The second-order valence-corrected chi connectivity index (χ2v) is 7.62. The Morgan fingerprint density at radius 2 is 1.14 bits per heavy atom. The van der Waals surface area contributed by atoms with Gasteiger partial charge in [0.15, 0.2) is 0 Å². The van der Waals surface area contributed by atoms with Crippen molar-refractivity contribution in [3.8, 4) is 0 Å². The van der Waals surface area contributed by atoms with E-state index < -0.39 is 0 Å². The molecule has 21 heavy (non-hydrogen) atoms. The largest absolute Gasteiger partial charge is 0.313 e. The zero-order chi connectivity index (χ0) is 14.1. The topological polar surface area (TPSA) is 48.1 Å². The molecule has 4 N–H and O–H groups in total. The highest BCUT2D eigenvalue weighted by Gasteiger charge is 2.57. The Labute approximate surface area is 129 Å². The molecular weight excluding hydrogens is 260 g/mol. The van der Waals surface area contributed by atoms with Gasteiger partial charge in [0.25, 0.3) is 0 Å². The monoisotopic (exact) mass is 292 g/mol. The molecule has 2 atom stereocenters. The lowest BCUT2D eigenvalue weighted by molar-refractivity contribution is 0.0159. The molecule has 4 aliphatic rings. The Kier molecular flexibility index (Phi) is 4.23. The van der Waals surface area contributed by atoms with E-state index in [0.29, 0.717) is 23.7 Å². The minimum absolute atomic E-state index is 0.375. The van der Waals surface area contributed by atoms with Crippen LogP contribution in [0.3, 0.4) is 0 Å². The molecule has 2 unspecified atom stereocenters. The minimum atomic E-state index is 0.375. The van der Waals surface area contributed by atoms with Crippen molar-refractivity contribution < 1.29 is 0 Å². The van der Waals surface area contributed by atoms with E-state index in [0.717, 1.165) is 19.0 Å². The van der Waals surface area contributed by atoms with E-state index >= 15 is 0 Å². The van der Waals surface area contributed by atoms with Crippen LogP contribution >= 0.6 is 0 Å². The van der Waals surface area contributed by atoms with Crippen LogP contribution in [0, 0.1) is 11.3 Å². The molecule has 4 rings (SSSR count). The van der Waals surface area contributed by atoms with Crippen LogP contribution in [0.5, 0.6) is 0 Å². The van der Waals surface area contributed by atoms with Crippen LogP contribution in [-0.2, 0) is 0 Å². The molecule has 0 aromatic heterocycles. The summed E-state index contributed by atoms with van der Waals surface area (Å²) in [4.78, 5) is 0. The van der Waals surface area contributed by atoms with Gasteiger partial charge < -0.3 is 21.3 Å². The maximum Gasteiger partial charge on any atom is 0.0663 e. The summed E-state index contributed by atoms with van der Waals surface area (Å²) in [5.41, 5.74) is 0.375. The summed E-state index contributed by atoms with van der Waals surface area (Å²) >= 11 is 0. The number of hydrogen-bond donors (Lipinski definition) is 4. The lowest BCUT2D eigenvalue weighted by Crippen LogP contribution is -2.67. The van der Waals surface area contributed by atoms with Gasteiger partial charge in [-0.1, -0.05) is 12.8 Å². The summed E-state index contributed by atoms with van der Waals surface area (Å²) in [7, 11) is 0. The predicted octanol–water partition coefficient (Wildman–Crippen LogP) is 1.19. The fourth-order valence-electron chi connectivity index (χ4n) is 5.96. The van der Waals surface area contributed by atoms with E-state index in [2.05, 4.69) is 21.3 Å². The molecule has 0 spiro atoms. The van der Waals surface area contributed by atoms with Crippen molar-refractivity contribution in [2.75, 3.05) is 26.2 Å². The van der Waals surface area contributed by atoms with Crippen LogP contribution < -0.4 is 21.3 Å². The van der Waals surface area contributed by atoms with E-state index in [9.17, 15) is 0 Å². The van der Waals surface area contributed by atoms with E-state index in [4.69, 9.17) is 0 Å². The SMILES string of the molecule is C1CCC(C(C2CCCN2)(C2CCCN2)C2NCCN2)C1. The van der Waals surface area contributed by atoms with E-state index in [1.54, 1.807) is 0 Å². The fourth-order valence-corrected chi connectivity index (χ4v) is 5.96. The molecule has 120 valence electrons. The van der Waals surface area contributed by atoms with Gasteiger partial charge in [0, 0.05) is 30.6 Å². The van der Waals surface area contributed by atoms with Crippen LogP contribution in [-0.4, -0.2) is 44.4 Å². The highest BCUT2D eigenvalue weighted by Crippen LogP contribution is 2.50. The number of nitrogens with one attached hydrogen (secondary N) is 4. The zero-order valence-electron chi connectivity index (χ0n) is 13.3. The molecule has 1 aliphatic carbocycles. The summed E-state index contributed by atoms with van der Waals surface area (Å²) in [6, 6.07) is 1.39. The fraction of sp³-hybridized carbons (Fsp3) is 1.00. The molecule has 3 heterocycles. The molecule has 0 amide bonds. The Morgan fingerprint density at radius 1 is 0.571 bits per heavy atom. The maximum absolute atomic E-state index is 3.91. The lowest BCUT2D eigenvalue weighted by Gasteiger charge is -2.52. The van der Waals surface area contributed by atoms with Crippen molar-refractivity contribution in [2.45, 2.75) is 69.6 Å². The van der Waals surface area contributed by atoms with Gasteiger partial charge in [0.2, 0.25) is 0 Å². The summed E-state index contributed by atoms with van der Waals surface area (Å²) in [6.07, 6.45) is 11.7. The van der Waals surface area contributed by atoms with Crippen LogP contribution in [0.1, 0.15) is 51.4 Å². The Bertz CT molecular complexity index is 265. The molecule has 3 saturated heterocycles. The minimum Gasteiger partial charge on any atom is -0.313 e. The van der Waals surface area contributed by atoms with Crippen molar-refractivity contribution in [3.05, 3.63) is 0 Å². The number of hydrogen-bond acceptors (Lipinski definition) is 4. The second kappa shape index (κ2) is 6.15. The number of rotatable bonds is 4. The van der Waals surface area contributed by atoms with Crippen molar-refractivity contribution in [1.29, 1.82) is 0 Å². The molecule has 0 bridgehead atoms. The molecule has 3 aliphatic heterocycles. The molecule has 0 radical (unpaired) electrons. The van der Waals surface area contributed by atoms with Crippen molar-refractivity contribution in [3.63, 3.8) is 0 Å². The van der Waals surface area contributed by atoms with Crippen LogP contribution in [0.25, 0.3) is 0 Å². The Morgan fingerprint density at radius 3 is 1.62 bits per heavy atom. The standard InChI is InChI=1S/C17H32N4/c1-2-6-13(5-1)17(14-7-3-9-18-14,15-8-4-10-19-15)16-20-11-12-21-16/h13-16,18-21H,1-12H2. The first-order valence-corrected chi connectivity index (χ1v) is 9.36. The van der Waals surface area contributed by atoms with Gasteiger partial charge >= 0.3 is 0 Å². The normalized spacial score (nSPS) is 38.3. The first-order valence-electron chi connectivity index (χ1n) is 9.36. The zero-order valence-corrected chi connectivity index (χ0v) is 13.3. The quantitative estimate of drug-likeness (QED) is 0.629. The van der Waals surface area contributed by atoms with Crippen molar-refractivity contribution in [2.24, 2.45) is 11.3 Å². The first-order chi connectivity index (χ1) is 10.4. The van der Waals surface area contributed by atoms with E-state index in [1.807, 2.05) is 0 Å². The third kappa shape index (κ3) is 2.35. The predicted molar refractivity (Wildman–Crippen MR) is 86.2 cm³/mol. The van der Waals surface area contributed by atoms with Gasteiger partial charge in [-0.3, -0.25) is 0 Å². The summed E-state index contributed by atoms with van der Waals surface area (Å²) < 4.78 is 0. The van der Waals surface area contributed by atoms with Crippen LogP contribution in [0.2, 0.25) is 0 Å². The summed E-state index contributed by atoms with van der Waals surface area (Å²) in [6.45, 7) is 4.72. The van der Waals surface area contributed by atoms with Crippen molar-refractivity contribution in [1.82, 2.24) is 21.3 Å². The molecule has 0 aromatic rings. The third-order valence-electron chi connectivity index (χ3n) is 6.71. The van der Waals surface area contributed by atoms with Crippen LogP contribution in [0.4, 0.5) is 0 Å². The van der Waals surface area contributed by atoms with Crippen molar-refractivity contribution >= 4 is 0 Å². The summed E-state index contributed by atoms with van der Waals surface area (Å²) in [5, 5.41) is 15.5. The molecule has 4 fully saturated rings. The second-order valence-electron chi connectivity index (χ2n) is 7.62. The third-order valence-corrected chi connectivity index (χ3v) is 6.71. The van der Waals surface area contributed by atoms with Gasteiger partial charge in [-0.25, -0.2) is 0 Å². The average Bonchev–Trinajstić information content (AvgIpc) is 3.32. The van der Waals surface area contributed by atoms with E-state index in [1.165, 1.54) is 64.5 Å². The highest BCUT2D eigenvalue weighted by molar-refractivity contribution is 5.12. The van der Waals surface area contributed by atoms with Crippen LogP contribution in [0.15, 0.2) is 0 Å². The molecular formula is C17H32N4. The molecule has 4 nitrogen and oxygen atoms in total. The smallest absolute Gasteiger partial charge is 0.0663 e. The molecule has 0 aromatic carbocycles. The average molecular weight is 292 g/mol. The van der Waals surface area contributed by atoms with Gasteiger partial charge in [-0.2, -0.15) is 0 Å². The molecule has 1 saturated carbocycles. The Balaban J connectivity index is 1.71. The van der Waals surface area contributed by atoms with E-state index in [-0.39, 0.29) is 0 Å². The first kappa shape index (κ1) is 14.4. The summed E-state index contributed by atoms with van der Waals surface area (Å²) in [5.74, 6) is 0.881. The molecule has 4 heteroatoms. The van der Waals surface area contributed by atoms with Gasteiger partial charge in [0.1, 0.15) is 0 Å². The van der Waals surface area contributed by atoms with Gasteiger partial charge in [-0.15, -0.1) is 0 Å². The van der Waals surface area contributed by atoms with Gasteiger partial charge in [0.05, 0.1) is 6.17 Å². The highest BCUT2D eigenvalue weighted by atomic mass is 15.2. The maximum atomic E-state index is 3.91. The van der Waals surface area contributed by atoms with Gasteiger partial charge in [-0.05, 0) is 57.5 Å². The lowest BCUT2D eigenvalue weighted by atomic mass is 9.61.